The second-order valence-electron chi connectivity index (χ2n) is 8.78. The van der Waals surface area contributed by atoms with Crippen LogP contribution < -0.4 is 5.32 Å². The van der Waals surface area contributed by atoms with Crippen molar-refractivity contribution in [2.75, 3.05) is 18.1 Å². The number of H-pyrrole nitrogens is 1. The van der Waals surface area contributed by atoms with Gasteiger partial charge >= 0.3 is 0 Å². The van der Waals surface area contributed by atoms with E-state index in [0.29, 0.717) is 19.5 Å². The molecule has 0 amide bonds. The Morgan fingerprint density at radius 2 is 1.88 bits per heavy atom. The number of nitrogens with one attached hydrogen (secondary N) is 2. The Morgan fingerprint density at radius 1 is 1.03 bits per heavy atom. The summed E-state index contributed by atoms with van der Waals surface area (Å²) in [4.78, 5) is 12.4. The van der Waals surface area contributed by atoms with E-state index in [9.17, 15) is 8.42 Å². The molecule has 0 saturated heterocycles. The molecule has 34 heavy (non-hydrogen) atoms. The lowest BCUT2D eigenvalue weighted by Crippen LogP contribution is -2.35. The molecule has 1 aliphatic rings. The number of pyridine rings is 1. The van der Waals surface area contributed by atoms with Crippen molar-refractivity contribution in [3.63, 3.8) is 0 Å². The van der Waals surface area contributed by atoms with Crippen molar-refractivity contribution in [2.24, 2.45) is 0 Å². The van der Waals surface area contributed by atoms with Gasteiger partial charge in [0.15, 0.2) is 0 Å². The lowest BCUT2D eigenvalue weighted by molar-refractivity contribution is 0.395. The van der Waals surface area contributed by atoms with Gasteiger partial charge in [0, 0.05) is 47.5 Å². The molecule has 8 heteroatoms. The summed E-state index contributed by atoms with van der Waals surface area (Å²) < 4.78 is 25.5. The highest BCUT2D eigenvalue weighted by Crippen LogP contribution is 2.32. The zero-order chi connectivity index (χ0) is 23.9. The summed E-state index contributed by atoms with van der Waals surface area (Å²) in [5.41, 5.74) is 9.19. The van der Waals surface area contributed by atoms with Gasteiger partial charge < -0.3 is 10.3 Å². The molecule has 2 N–H and O–H groups in total. The van der Waals surface area contributed by atoms with Gasteiger partial charge in [-0.05, 0) is 67.3 Å². The van der Waals surface area contributed by atoms with Gasteiger partial charge in [-0.15, -0.1) is 0 Å². The SMILES string of the molecule is Cc1ccc(-c2cnc(-c3cc(Nc4cccc5c4CCN(S(C)(=O)=O)C5)ccc3C)[nH]2)cn1. The fraction of sp³-hybridized carbons (Fsp3) is 0.231. The largest absolute Gasteiger partial charge is 0.355 e. The number of benzene rings is 2. The average Bonchev–Trinajstić information content (AvgIpc) is 3.30. The Kier molecular flexibility index (Phi) is 5.71. The number of fused-ring (bicyclic) bond motifs is 1. The van der Waals surface area contributed by atoms with Gasteiger partial charge in [-0.3, -0.25) is 4.98 Å². The van der Waals surface area contributed by atoms with Crippen molar-refractivity contribution >= 4 is 21.4 Å². The smallest absolute Gasteiger partial charge is 0.211 e. The van der Waals surface area contributed by atoms with Gasteiger partial charge in [0.05, 0.1) is 18.1 Å². The summed E-state index contributed by atoms with van der Waals surface area (Å²) in [7, 11) is -3.20. The maximum Gasteiger partial charge on any atom is 0.211 e. The molecule has 0 bridgehead atoms. The predicted octanol–water partition coefficient (Wildman–Crippen LogP) is 4.82. The zero-order valence-corrected chi connectivity index (χ0v) is 20.3. The van der Waals surface area contributed by atoms with Crippen LogP contribution in [0.1, 0.15) is 22.4 Å². The number of aromatic amines is 1. The molecule has 0 spiro atoms. The zero-order valence-electron chi connectivity index (χ0n) is 19.5. The number of aromatic nitrogens is 3. The molecule has 3 heterocycles. The van der Waals surface area contributed by atoms with E-state index < -0.39 is 10.0 Å². The van der Waals surface area contributed by atoms with E-state index in [1.807, 2.05) is 49.6 Å². The van der Waals surface area contributed by atoms with Crippen molar-refractivity contribution in [1.82, 2.24) is 19.3 Å². The monoisotopic (exact) mass is 473 g/mol. The number of imidazole rings is 1. The Balaban J connectivity index is 1.42. The summed E-state index contributed by atoms with van der Waals surface area (Å²) in [6.07, 6.45) is 5.63. The lowest BCUT2D eigenvalue weighted by Gasteiger charge is -2.28. The van der Waals surface area contributed by atoms with Crippen LogP contribution >= 0.6 is 0 Å². The van der Waals surface area contributed by atoms with E-state index in [1.165, 1.54) is 10.6 Å². The first-order chi connectivity index (χ1) is 16.3. The molecule has 0 aliphatic carbocycles. The Hall–Kier alpha value is -3.49. The van der Waals surface area contributed by atoms with E-state index >= 15 is 0 Å². The Labute approximate surface area is 200 Å². The number of nitrogens with zero attached hydrogens (tertiary/aromatic N) is 3. The molecule has 0 unspecified atom stereocenters. The van der Waals surface area contributed by atoms with Crippen LogP contribution in [0.25, 0.3) is 22.6 Å². The number of rotatable bonds is 5. The highest BCUT2D eigenvalue weighted by atomic mass is 32.2. The molecule has 0 saturated carbocycles. The van der Waals surface area contributed by atoms with E-state index in [0.717, 1.165) is 56.4 Å². The topological polar surface area (TPSA) is 91.0 Å². The van der Waals surface area contributed by atoms with Crippen LogP contribution in [0.15, 0.2) is 60.9 Å². The summed E-state index contributed by atoms with van der Waals surface area (Å²) in [6, 6.07) is 16.3. The summed E-state index contributed by atoms with van der Waals surface area (Å²) in [6.45, 7) is 4.94. The van der Waals surface area contributed by atoms with Crippen molar-refractivity contribution < 1.29 is 8.42 Å². The van der Waals surface area contributed by atoms with Crippen molar-refractivity contribution in [3.05, 3.63) is 83.3 Å². The molecule has 2 aromatic heterocycles. The van der Waals surface area contributed by atoms with E-state index in [1.54, 1.807) is 0 Å². The third-order valence-electron chi connectivity index (χ3n) is 6.27. The number of anilines is 2. The minimum absolute atomic E-state index is 0.409. The summed E-state index contributed by atoms with van der Waals surface area (Å²) >= 11 is 0. The molecule has 7 nitrogen and oxygen atoms in total. The highest BCUT2D eigenvalue weighted by Gasteiger charge is 2.24. The van der Waals surface area contributed by atoms with Crippen LogP contribution in [-0.2, 0) is 23.0 Å². The first-order valence-corrected chi connectivity index (χ1v) is 13.0. The molecule has 5 rings (SSSR count). The van der Waals surface area contributed by atoms with Crippen LogP contribution in [0.5, 0.6) is 0 Å². The van der Waals surface area contributed by atoms with Crippen LogP contribution in [0, 0.1) is 13.8 Å². The van der Waals surface area contributed by atoms with Gasteiger partial charge in [-0.1, -0.05) is 18.2 Å². The van der Waals surface area contributed by atoms with Crippen molar-refractivity contribution in [2.45, 2.75) is 26.8 Å². The van der Waals surface area contributed by atoms with Crippen LogP contribution in [-0.4, -0.2) is 40.5 Å². The third kappa shape index (κ3) is 4.47. The first kappa shape index (κ1) is 22.3. The van der Waals surface area contributed by atoms with Gasteiger partial charge in [-0.2, -0.15) is 4.31 Å². The molecule has 1 aliphatic heterocycles. The molecule has 174 valence electrons. The first-order valence-electron chi connectivity index (χ1n) is 11.2. The second-order valence-corrected chi connectivity index (χ2v) is 10.8. The highest BCUT2D eigenvalue weighted by molar-refractivity contribution is 7.88. The fourth-order valence-corrected chi connectivity index (χ4v) is 5.12. The minimum Gasteiger partial charge on any atom is -0.355 e. The summed E-state index contributed by atoms with van der Waals surface area (Å²) in [5.74, 6) is 0.801. The van der Waals surface area contributed by atoms with E-state index in [4.69, 9.17) is 0 Å². The number of aryl methyl sites for hydroxylation is 2. The molecule has 4 aromatic rings. The van der Waals surface area contributed by atoms with Crippen LogP contribution in [0.3, 0.4) is 0 Å². The molecule has 0 radical (unpaired) electrons. The van der Waals surface area contributed by atoms with E-state index in [-0.39, 0.29) is 0 Å². The fourth-order valence-electron chi connectivity index (χ4n) is 4.33. The number of sulfonamides is 1. The predicted molar refractivity (Wildman–Crippen MR) is 135 cm³/mol. The average molecular weight is 474 g/mol. The van der Waals surface area contributed by atoms with Crippen molar-refractivity contribution in [1.29, 1.82) is 0 Å². The lowest BCUT2D eigenvalue weighted by atomic mass is 9.98. The van der Waals surface area contributed by atoms with E-state index in [2.05, 4.69) is 45.4 Å². The molecule has 0 atom stereocenters. The second kappa shape index (κ2) is 8.70. The molecule has 2 aromatic carbocycles. The minimum atomic E-state index is -3.20. The third-order valence-corrected chi connectivity index (χ3v) is 7.52. The van der Waals surface area contributed by atoms with Crippen molar-refractivity contribution in [3.8, 4) is 22.6 Å². The molecule has 0 fully saturated rings. The van der Waals surface area contributed by atoms with Gasteiger partial charge in [0.25, 0.3) is 0 Å². The number of hydrogen-bond donors (Lipinski definition) is 2. The van der Waals surface area contributed by atoms with Crippen LogP contribution in [0.2, 0.25) is 0 Å². The Bertz CT molecular complexity index is 1460. The molecular weight excluding hydrogens is 446 g/mol. The quantitative estimate of drug-likeness (QED) is 0.434. The standard InChI is InChI=1S/C26H27N5O2S/c1-17-7-10-21(13-23(17)26-28-15-25(30-26)19-9-8-18(2)27-14-19)29-24-6-4-5-20-16-31(34(3,32)33)12-11-22(20)24/h4-10,13-15,29H,11-12,16H2,1-3H3,(H,28,30). The summed E-state index contributed by atoms with van der Waals surface area (Å²) in [5, 5.41) is 3.55. The maximum atomic E-state index is 12.0. The maximum absolute atomic E-state index is 12.0. The van der Waals surface area contributed by atoms with Gasteiger partial charge in [0.2, 0.25) is 10.0 Å². The molecular formula is C26H27N5O2S. The van der Waals surface area contributed by atoms with Gasteiger partial charge in [-0.25, -0.2) is 13.4 Å². The Morgan fingerprint density at radius 3 is 2.65 bits per heavy atom. The number of hydrogen-bond acceptors (Lipinski definition) is 5. The normalized spacial score (nSPS) is 14.1. The van der Waals surface area contributed by atoms with Crippen LogP contribution in [0.4, 0.5) is 11.4 Å². The van der Waals surface area contributed by atoms with Gasteiger partial charge in [0.1, 0.15) is 5.82 Å².